The van der Waals surface area contributed by atoms with Crippen molar-refractivity contribution in [1.82, 2.24) is 15.1 Å². The lowest BCUT2D eigenvalue weighted by molar-refractivity contribution is -0.140. The third-order valence-corrected chi connectivity index (χ3v) is 3.75. The number of carbonyl (C=O) groups excluding carboxylic acids is 2. The second-order valence-electron chi connectivity index (χ2n) is 5.62. The number of amides is 1. The first-order valence-corrected chi connectivity index (χ1v) is 8.65. The molecule has 10 heteroatoms. The fourth-order valence-electron chi connectivity index (χ4n) is 2.53. The second-order valence-corrected chi connectivity index (χ2v) is 5.62. The SMILES string of the molecule is COC(=O)CCNC(=O)C(CN(CCN)CCN)N(CCN)CCN. The first-order valence-electron chi connectivity index (χ1n) is 8.65. The zero-order chi connectivity index (χ0) is 19.1. The monoisotopic (exact) mass is 361 g/mol. The summed E-state index contributed by atoms with van der Waals surface area (Å²) in [6.07, 6.45) is 0.123. The molecule has 0 aromatic carbocycles. The van der Waals surface area contributed by atoms with Crippen molar-refractivity contribution in [2.45, 2.75) is 12.5 Å². The average Bonchev–Trinajstić information content (AvgIpc) is 2.59. The van der Waals surface area contributed by atoms with E-state index in [9.17, 15) is 9.59 Å². The van der Waals surface area contributed by atoms with E-state index in [-0.39, 0.29) is 24.8 Å². The predicted octanol–water partition coefficient (Wildman–Crippen LogP) is -3.53. The minimum absolute atomic E-state index is 0.123. The summed E-state index contributed by atoms with van der Waals surface area (Å²) < 4.78 is 4.58. The van der Waals surface area contributed by atoms with E-state index in [0.29, 0.717) is 58.9 Å². The van der Waals surface area contributed by atoms with Crippen LogP contribution in [-0.2, 0) is 14.3 Å². The van der Waals surface area contributed by atoms with Crippen LogP contribution in [0.4, 0.5) is 0 Å². The van der Waals surface area contributed by atoms with E-state index in [1.807, 2.05) is 9.80 Å². The number of esters is 1. The van der Waals surface area contributed by atoms with Gasteiger partial charge in [0.05, 0.1) is 13.5 Å². The fraction of sp³-hybridized carbons (Fsp3) is 0.867. The van der Waals surface area contributed by atoms with Crippen LogP contribution >= 0.6 is 0 Å². The standard InChI is InChI=1S/C15H35N7O3/c1-25-14(23)2-7-20-15(24)13(22(10-5-18)11-6-19)12-21(8-3-16)9-4-17/h13H,2-12,16-19H2,1H3,(H,20,24). The number of methoxy groups -OCH3 is 1. The molecule has 0 aliphatic rings. The molecule has 148 valence electrons. The lowest BCUT2D eigenvalue weighted by atomic mass is 10.2. The van der Waals surface area contributed by atoms with Crippen molar-refractivity contribution in [3.05, 3.63) is 0 Å². The molecule has 0 spiro atoms. The zero-order valence-corrected chi connectivity index (χ0v) is 15.3. The molecule has 0 heterocycles. The van der Waals surface area contributed by atoms with Crippen LogP contribution in [0.1, 0.15) is 6.42 Å². The maximum Gasteiger partial charge on any atom is 0.307 e. The molecule has 0 aromatic heterocycles. The van der Waals surface area contributed by atoms with E-state index in [4.69, 9.17) is 22.9 Å². The summed E-state index contributed by atoms with van der Waals surface area (Å²) >= 11 is 0. The van der Waals surface area contributed by atoms with Crippen LogP contribution in [0.25, 0.3) is 0 Å². The zero-order valence-electron chi connectivity index (χ0n) is 15.3. The van der Waals surface area contributed by atoms with Crippen LogP contribution in [0.15, 0.2) is 0 Å². The molecule has 0 bridgehead atoms. The quantitative estimate of drug-likeness (QED) is 0.186. The van der Waals surface area contributed by atoms with Gasteiger partial charge >= 0.3 is 5.97 Å². The molecule has 0 fully saturated rings. The molecule has 0 saturated heterocycles. The van der Waals surface area contributed by atoms with Crippen molar-refractivity contribution < 1.29 is 14.3 Å². The normalized spacial score (nSPS) is 12.4. The van der Waals surface area contributed by atoms with Gasteiger partial charge in [0.2, 0.25) is 5.91 Å². The van der Waals surface area contributed by atoms with Gasteiger partial charge in [-0.2, -0.15) is 0 Å². The van der Waals surface area contributed by atoms with E-state index in [1.165, 1.54) is 7.11 Å². The lowest BCUT2D eigenvalue weighted by Gasteiger charge is -2.34. The molecule has 1 amide bonds. The topological polar surface area (TPSA) is 166 Å². The Morgan fingerprint density at radius 2 is 1.48 bits per heavy atom. The van der Waals surface area contributed by atoms with Gasteiger partial charge in [0, 0.05) is 65.4 Å². The number of nitrogens with one attached hydrogen (secondary N) is 1. The van der Waals surface area contributed by atoms with Crippen LogP contribution in [0.2, 0.25) is 0 Å². The van der Waals surface area contributed by atoms with Gasteiger partial charge in [-0.05, 0) is 0 Å². The Balaban J connectivity index is 5.00. The summed E-state index contributed by atoms with van der Waals surface area (Å²) in [7, 11) is 1.31. The highest BCUT2D eigenvalue weighted by Gasteiger charge is 2.27. The summed E-state index contributed by atoms with van der Waals surface area (Å²) in [4.78, 5) is 27.9. The van der Waals surface area contributed by atoms with E-state index in [1.54, 1.807) is 0 Å². The molecular formula is C15H35N7O3. The van der Waals surface area contributed by atoms with E-state index in [0.717, 1.165) is 0 Å². The van der Waals surface area contributed by atoms with Crippen molar-refractivity contribution >= 4 is 11.9 Å². The minimum Gasteiger partial charge on any atom is -0.469 e. The first kappa shape index (κ1) is 23.7. The molecule has 10 nitrogen and oxygen atoms in total. The summed E-state index contributed by atoms with van der Waals surface area (Å²) in [6.45, 7) is 4.85. The number of carbonyl (C=O) groups is 2. The maximum absolute atomic E-state index is 12.7. The van der Waals surface area contributed by atoms with Crippen molar-refractivity contribution in [3.63, 3.8) is 0 Å². The maximum atomic E-state index is 12.7. The first-order chi connectivity index (χ1) is 12.0. The van der Waals surface area contributed by atoms with Gasteiger partial charge in [-0.3, -0.25) is 19.4 Å². The number of rotatable bonds is 15. The van der Waals surface area contributed by atoms with E-state index >= 15 is 0 Å². The molecule has 1 atom stereocenters. The van der Waals surface area contributed by atoms with Crippen LogP contribution in [0, 0.1) is 0 Å². The van der Waals surface area contributed by atoms with Gasteiger partial charge in [0.1, 0.15) is 6.04 Å². The van der Waals surface area contributed by atoms with Gasteiger partial charge in [-0.15, -0.1) is 0 Å². The minimum atomic E-state index is -0.442. The van der Waals surface area contributed by atoms with Gasteiger partial charge in [0.15, 0.2) is 0 Å². The second kappa shape index (κ2) is 15.0. The van der Waals surface area contributed by atoms with E-state index < -0.39 is 6.04 Å². The molecular weight excluding hydrogens is 326 g/mol. The molecule has 0 aromatic rings. The smallest absolute Gasteiger partial charge is 0.307 e. The Bertz CT molecular complexity index is 359. The Morgan fingerprint density at radius 3 is 1.92 bits per heavy atom. The number of nitrogens with two attached hydrogens (primary N) is 4. The summed E-state index contributed by atoms with van der Waals surface area (Å²) in [5.74, 6) is -0.546. The number of ether oxygens (including phenoxy) is 1. The summed E-state index contributed by atoms with van der Waals surface area (Å²) in [5, 5.41) is 2.78. The van der Waals surface area contributed by atoms with Crippen molar-refractivity contribution in [2.75, 3.05) is 72.6 Å². The largest absolute Gasteiger partial charge is 0.469 e. The van der Waals surface area contributed by atoms with Gasteiger partial charge in [-0.1, -0.05) is 0 Å². The van der Waals surface area contributed by atoms with Crippen molar-refractivity contribution in [3.8, 4) is 0 Å². The van der Waals surface area contributed by atoms with Crippen LogP contribution in [0.3, 0.4) is 0 Å². The molecule has 0 saturated carbocycles. The molecule has 9 N–H and O–H groups in total. The molecule has 25 heavy (non-hydrogen) atoms. The number of nitrogens with zero attached hydrogens (tertiary/aromatic N) is 2. The third-order valence-electron chi connectivity index (χ3n) is 3.75. The van der Waals surface area contributed by atoms with Crippen LogP contribution in [-0.4, -0.2) is 100 Å². The Morgan fingerprint density at radius 1 is 0.960 bits per heavy atom. The Labute approximate surface area is 150 Å². The summed E-state index contributed by atoms with van der Waals surface area (Å²) in [5.41, 5.74) is 22.6. The van der Waals surface area contributed by atoms with Gasteiger partial charge in [-0.25, -0.2) is 0 Å². The Hall–Kier alpha value is -1.30. The molecule has 1 unspecified atom stereocenters. The van der Waals surface area contributed by atoms with Crippen LogP contribution < -0.4 is 28.3 Å². The average molecular weight is 361 g/mol. The van der Waals surface area contributed by atoms with E-state index in [2.05, 4.69) is 10.1 Å². The lowest BCUT2D eigenvalue weighted by Crippen LogP contribution is -2.56. The highest BCUT2D eigenvalue weighted by atomic mass is 16.5. The number of hydrogen-bond donors (Lipinski definition) is 5. The van der Waals surface area contributed by atoms with Crippen molar-refractivity contribution in [2.24, 2.45) is 22.9 Å². The molecule has 0 aliphatic carbocycles. The predicted molar refractivity (Wildman–Crippen MR) is 97.7 cm³/mol. The third kappa shape index (κ3) is 10.3. The highest BCUT2D eigenvalue weighted by Crippen LogP contribution is 2.03. The number of hydrogen-bond acceptors (Lipinski definition) is 9. The van der Waals surface area contributed by atoms with Gasteiger partial charge in [0.25, 0.3) is 0 Å². The fourth-order valence-corrected chi connectivity index (χ4v) is 2.53. The summed E-state index contributed by atoms with van der Waals surface area (Å²) in [6, 6.07) is -0.442. The highest BCUT2D eigenvalue weighted by molar-refractivity contribution is 5.82. The molecule has 0 radical (unpaired) electrons. The Kier molecular flexibility index (Phi) is 14.2. The van der Waals surface area contributed by atoms with Crippen molar-refractivity contribution in [1.29, 1.82) is 0 Å². The molecule has 0 rings (SSSR count). The molecule has 0 aliphatic heterocycles. The van der Waals surface area contributed by atoms with Gasteiger partial charge < -0.3 is 33.0 Å². The van der Waals surface area contributed by atoms with Crippen LogP contribution in [0.5, 0.6) is 0 Å².